The first-order chi connectivity index (χ1) is 11.9. The monoisotopic (exact) mass is 401 g/mol. The fraction of sp³-hybridized carbons (Fsp3) is 0.133. The van der Waals surface area contributed by atoms with Crippen LogP contribution in [0, 0.1) is 23.3 Å². The van der Waals surface area contributed by atoms with Gasteiger partial charge >= 0.3 is 12.1 Å². The summed E-state index contributed by atoms with van der Waals surface area (Å²) in [5.74, 6) is -11.0. The van der Waals surface area contributed by atoms with Crippen molar-refractivity contribution in [1.82, 2.24) is 0 Å². The predicted molar refractivity (Wildman–Crippen MR) is 77.0 cm³/mol. The number of rotatable bonds is 4. The summed E-state index contributed by atoms with van der Waals surface area (Å²) >= 11 is 5.63. The molecule has 11 heteroatoms. The Morgan fingerprint density at radius 1 is 1.04 bits per heavy atom. The van der Waals surface area contributed by atoms with E-state index in [-0.39, 0.29) is 16.3 Å². The molecule has 0 aliphatic rings. The zero-order valence-electron chi connectivity index (χ0n) is 12.3. The van der Waals surface area contributed by atoms with Crippen LogP contribution in [0.15, 0.2) is 18.2 Å². The lowest BCUT2D eigenvalue weighted by atomic mass is 10.1. The van der Waals surface area contributed by atoms with Crippen molar-refractivity contribution < 1.29 is 40.6 Å². The van der Waals surface area contributed by atoms with Gasteiger partial charge in [0.25, 0.3) is 0 Å². The maximum Gasteiger partial charge on any atom is 0.422 e. The van der Waals surface area contributed by atoms with Crippen LogP contribution in [0.25, 0.3) is 0 Å². The van der Waals surface area contributed by atoms with Crippen LogP contribution >= 0.6 is 11.6 Å². The van der Waals surface area contributed by atoms with Crippen LogP contribution in [-0.2, 0) is 12.7 Å². The highest BCUT2D eigenvalue weighted by Crippen LogP contribution is 2.37. The minimum Gasteiger partial charge on any atom is -0.478 e. The van der Waals surface area contributed by atoms with Gasteiger partial charge in [0.2, 0.25) is 0 Å². The Morgan fingerprint density at radius 2 is 1.58 bits per heavy atom. The number of hydrogen-bond acceptors (Lipinski definition) is 2. The molecule has 0 spiro atoms. The first-order valence-corrected chi connectivity index (χ1v) is 7.01. The van der Waals surface area contributed by atoms with E-state index in [1.54, 1.807) is 0 Å². The van der Waals surface area contributed by atoms with Crippen molar-refractivity contribution in [3.63, 3.8) is 0 Å². The molecule has 140 valence electrons. The summed E-state index contributed by atoms with van der Waals surface area (Å²) in [4.78, 5) is 10.9. The molecule has 0 atom stereocenters. The largest absolute Gasteiger partial charge is 0.478 e. The first kappa shape index (κ1) is 19.8. The predicted octanol–water partition coefficient (Wildman–Crippen LogP) is 5.23. The molecule has 0 bridgehead atoms. The molecule has 0 aromatic heterocycles. The number of benzene rings is 2. The van der Waals surface area contributed by atoms with E-state index in [4.69, 9.17) is 16.7 Å². The molecule has 26 heavy (non-hydrogen) atoms. The Balaban J connectivity index is 2.40. The molecule has 2 N–H and O–H groups in total. The van der Waals surface area contributed by atoms with E-state index >= 15 is 0 Å². The summed E-state index contributed by atoms with van der Waals surface area (Å²) in [6.45, 7) is -0.954. The van der Waals surface area contributed by atoms with Crippen molar-refractivity contribution >= 4 is 23.3 Å². The quantitative estimate of drug-likeness (QED) is 0.545. The Kier molecular flexibility index (Phi) is 5.36. The number of carboxylic acids is 1. The van der Waals surface area contributed by atoms with Gasteiger partial charge in [-0.1, -0.05) is 11.6 Å². The molecular weight excluding hydrogens is 395 g/mol. The Bertz CT molecular complexity index is 854. The third-order valence-electron chi connectivity index (χ3n) is 3.30. The first-order valence-electron chi connectivity index (χ1n) is 6.63. The SMILES string of the molecule is O=C(O)c1cc(NCc2c(F)c(F)c(C(F)(F)F)c(F)c2F)ccc1Cl. The van der Waals surface area contributed by atoms with Crippen LogP contribution < -0.4 is 5.32 Å². The van der Waals surface area contributed by atoms with E-state index < -0.39 is 53.1 Å². The zero-order valence-corrected chi connectivity index (χ0v) is 13.1. The van der Waals surface area contributed by atoms with Gasteiger partial charge in [0.15, 0.2) is 23.3 Å². The van der Waals surface area contributed by atoms with Crippen LogP contribution in [0.4, 0.5) is 36.4 Å². The fourth-order valence-electron chi connectivity index (χ4n) is 2.07. The van der Waals surface area contributed by atoms with Crippen LogP contribution in [0.2, 0.25) is 5.02 Å². The second kappa shape index (κ2) is 7.02. The highest BCUT2D eigenvalue weighted by atomic mass is 35.5. The maximum atomic E-state index is 13.8. The minimum atomic E-state index is -5.63. The van der Waals surface area contributed by atoms with Gasteiger partial charge in [-0.3, -0.25) is 0 Å². The average Bonchev–Trinajstić information content (AvgIpc) is 2.53. The summed E-state index contributed by atoms with van der Waals surface area (Å²) in [6.07, 6.45) is -5.63. The molecule has 2 rings (SSSR count). The Morgan fingerprint density at radius 3 is 2.04 bits per heavy atom. The third kappa shape index (κ3) is 3.69. The van der Waals surface area contributed by atoms with Crippen molar-refractivity contribution in [2.75, 3.05) is 5.32 Å². The van der Waals surface area contributed by atoms with E-state index in [0.717, 1.165) is 12.1 Å². The van der Waals surface area contributed by atoms with E-state index in [2.05, 4.69) is 5.32 Å². The van der Waals surface area contributed by atoms with E-state index in [1.807, 2.05) is 0 Å². The number of anilines is 1. The van der Waals surface area contributed by atoms with Gasteiger partial charge in [-0.05, 0) is 18.2 Å². The molecule has 3 nitrogen and oxygen atoms in total. The van der Waals surface area contributed by atoms with Gasteiger partial charge in [-0.2, -0.15) is 13.2 Å². The molecular formula is C15H7ClF7NO2. The van der Waals surface area contributed by atoms with Crippen molar-refractivity contribution in [3.8, 4) is 0 Å². The van der Waals surface area contributed by atoms with Crippen molar-refractivity contribution in [3.05, 3.63) is 63.2 Å². The third-order valence-corrected chi connectivity index (χ3v) is 3.63. The summed E-state index contributed by atoms with van der Waals surface area (Å²) in [5.41, 5.74) is -4.41. The van der Waals surface area contributed by atoms with E-state index in [0.29, 0.717) is 0 Å². The Labute approximate surface area is 146 Å². The minimum absolute atomic E-state index is 0.0497. The van der Waals surface area contributed by atoms with Crippen LogP contribution in [0.3, 0.4) is 0 Å². The van der Waals surface area contributed by atoms with Crippen LogP contribution in [-0.4, -0.2) is 11.1 Å². The number of nitrogens with one attached hydrogen (secondary N) is 1. The average molecular weight is 402 g/mol. The van der Waals surface area contributed by atoms with Gasteiger partial charge in [0.1, 0.15) is 5.56 Å². The molecule has 0 fully saturated rings. The molecule has 0 aliphatic heterocycles. The molecule has 0 aliphatic carbocycles. The van der Waals surface area contributed by atoms with Crippen molar-refractivity contribution in [2.45, 2.75) is 12.7 Å². The second-order valence-corrected chi connectivity index (χ2v) is 5.37. The number of alkyl halides is 3. The number of carboxylic acid groups (broad SMARTS) is 1. The standard InChI is InChI=1S/C15H7ClF7NO2/c16-8-2-1-5(3-6(8)14(25)26)24-4-7-10(17)12(19)9(15(21,22)23)13(20)11(7)18/h1-3,24H,4H2,(H,25,26). The summed E-state index contributed by atoms with van der Waals surface area (Å²) < 4.78 is 92.1. The lowest BCUT2D eigenvalue weighted by Gasteiger charge is -2.15. The summed E-state index contributed by atoms with van der Waals surface area (Å²) in [5, 5.41) is 11.0. The van der Waals surface area contributed by atoms with E-state index in [1.165, 1.54) is 6.07 Å². The zero-order chi connectivity index (χ0) is 19.8. The maximum absolute atomic E-state index is 13.8. The van der Waals surface area contributed by atoms with Crippen LogP contribution in [0.5, 0.6) is 0 Å². The highest BCUT2D eigenvalue weighted by Gasteiger charge is 2.42. The normalized spacial score (nSPS) is 11.5. The van der Waals surface area contributed by atoms with Gasteiger partial charge in [-0.25, -0.2) is 22.4 Å². The Hall–Kier alpha value is -2.49. The summed E-state index contributed by atoms with van der Waals surface area (Å²) in [6, 6.07) is 3.30. The molecule has 2 aromatic rings. The van der Waals surface area contributed by atoms with E-state index in [9.17, 15) is 35.5 Å². The van der Waals surface area contributed by atoms with Gasteiger partial charge in [-0.15, -0.1) is 0 Å². The molecule has 2 aromatic carbocycles. The molecule has 0 heterocycles. The van der Waals surface area contributed by atoms with Crippen molar-refractivity contribution in [1.29, 1.82) is 0 Å². The number of aromatic carboxylic acids is 1. The van der Waals surface area contributed by atoms with Gasteiger partial charge < -0.3 is 10.4 Å². The number of halogens is 8. The van der Waals surface area contributed by atoms with Crippen LogP contribution in [0.1, 0.15) is 21.5 Å². The molecule has 0 amide bonds. The summed E-state index contributed by atoms with van der Waals surface area (Å²) in [7, 11) is 0. The fourth-order valence-corrected chi connectivity index (χ4v) is 2.27. The lowest BCUT2D eigenvalue weighted by Crippen LogP contribution is -2.18. The van der Waals surface area contributed by atoms with Gasteiger partial charge in [0.05, 0.1) is 10.6 Å². The number of carbonyl (C=O) groups is 1. The molecule has 0 saturated carbocycles. The van der Waals surface area contributed by atoms with Gasteiger partial charge in [0, 0.05) is 17.8 Å². The highest BCUT2D eigenvalue weighted by molar-refractivity contribution is 6.33. The second-order valence-electron chi connectivity index (χ2n) is 4.96. The lowest BCUT2D eigenvalue weighted by molar-refractivity contribution is -0.143. The smallest absolute Gasteiger partial charge is 0.422 e. The number of hydrogen-bond donors (Lipinski definition) is 2. The van der Waals surface area contributed by atoms with Crippen molar-refractivity contribution in [2.24, 2.45) is 0 Å². The molecule has 0 saturated heterocycles. The molecule has 0 unspecified atom stereocenters. The molecule has 0 radical (unpaired) electrons. The topological polar surface area (TPSA) is 49.3 Å².